The fourth-order valence-corrected chi connectivity index (χ4v) is 10.2. The summed E-state index contributed by atoms with van der Waals surface area (Å²) >= 11 is 7.10. The number of carbonyl (C=O) groups excluding carboxylic acids is 2. The summed E-state index contributed by atoms with van der Waals surface area (Å²) in [6.07, 6.45) is 18.7. The van der Waals surface area contributed by atoms with Gasteiger partial charge in [-0.3, -0.25) is 4.79 Å². The van der Waals surface area contributed by atoms with Crippen LogP contribution in [0.5, 0.6) is 0 Å². The molecule has 0 radical (unpaired) electrons. The first kappa shape index (κ1) is 41.6. The predicted molar refractivity (Wildman–Crippen MR) is 243 cm³/mol. The number of allylic oxidation sites excluding steroid dienone is 2. The van der Waals surface area contributed by atoms with Crippen LogP contribution in [-0.2, 0) is 19.9 Å². The lowest BCUT2D eigenvalue weighted by Crippen LogP contribution is -2.48. The van der Waals surface area contributed by atoms with Gasteiger partial charge in [-0.1, -0.05) is 197 Å². The molecule has 310 valence electrons. The second kappa shape index (κ2) is 20.0. The van der Waals surface area contributed by atoms with E-state index in [1.54, 1.807) is 0 Å². The molecule has 6 heteroatoms. The van der Waals surface area contributed by atoms with Crippen molar-refractivity contribution in [3.05, 3.63) is 172 Å². The maximum absolute atomic E-state index is 14.9. The summed E-state index contributed by atoms with van der Waals surface area (Å²) in [5, 5.41) is 3.62. The van der Waals surface area contributed by atoms with E-state index < -0.39 is 23.7 Å². The van der Waals surface area contributed by atoms with E-state index in [2.05, 4.69) is 59.9 Å². The first-order valence-corrected chi connectivity index (χ1v) is 22.9. The molecule has 8 rings (SSSR count). The van der Waals surface area contributed by atoms with Gasteiger partial charge in [-0.05, 0) is 78.0 Å². The smallest absolute Gasteiger partial charge is 0.407 e. The number of esters is 1. The number of hydrogen-bond donors (Lipinski definition) is 1. The SMILES string of the molecule is O=C(N[C@@H]1CCCC[C@H]1C(=O)OC(c1ccccc1)(c1ccc(/C2=C/CCCCCCCCCCC2)cc1)c1ccccc1Cl)OCC1c2ccccc2-c2ccccc21. The van der Waals surface area contributed by atoms with Gasteiger partial charge in [-0.25, -0.2) is 4.79 Å². The maximum Gasteiger partial charge on any atom is 0.407 e. The molecule has 1 fully saturated rings. The molecule has 0 saturated heterocycles. The van der Waals surface area contributed by atoms with Gasteiger partial charge < -0.3 is 14.8 Å². The molecule has 0 heterocycles. The van der Waals surface area contributed by atoms with Gasteiger partial charge >= 0.3 is 12.1 Å². The third-order valence-corrected chi connectivity index (χ3v) is 13.4. The summed E-state index contributed by atoms with van der Waals surface area (Å²) in [4.78, 5) is 28.6. The molecule has 0 aliphatic heterocycles. The molecule has 1 N–H and O–H groups in total. The zero-order chi connectivity index (χ0) is 41.2. The molecule has 60 heavy (non-hydrogen) atoms. The minimum atomic E-state index is -1.35. The zero-order valence-corrected chi connectivity index (χ0v) is 35.5. The average molecular weight is 821 g/mol. The fraction of sp³-hybridized carbons (Fsp3) is 0.370. The monoisotopic (exact) mass is 819 g/mol. The number of hydrogen-bond acceptors (Lipinski definition) is 4. The third-order valence-electron chi connectivity index (χ3n) is 13.1. The minimum Gasteiger partial charge on any atom is -0.449 e. The first-order chi connectivity index (χ1) is 29.5. The van der Waals surface area contributed by atoms with Crippen molar-refractivity contribution in [2.45, 2.75) is 114 Å². The predicted octanol–water partition coefficient (Wildman–Crippen LogP) is 14.0. The Hall–Kier alpha value is -5.13. The van der Waals surface area contributed by atoms with Crippen molar-refractivity contribution < 1.29 is 19.1 Å². The maximum atomic E-state index is 14.9. The van der Waals surface area contributed by atoms with E-state index in [-0.39, 0.29) is 18.5 Å². The Morgan fingerprint density at radius 3 is 1.90 bits per heavy atom. The molecule has 5 nitrogen and oxygen atoms in total. The van der Waals surface area contributed by atoms with E-state index in [0.717, 1.165) is 47.9 Å². The van der Waals surface area contributed by atoms with Crippen LogP contribution in [0.3, 0.4) is 0 Å². The standard InChI is InChI=1S/C54H58ClNO4/c55-50-32-20-19-31-49(50)54(41-24-12-9-13-25-41,42-36-34-40(35-37-42)39-22-10-7-5-3-1-2-4-6-8-11-23-39)60-52(57)47-30-18-21-33-51(47)56-53(58)59-38-48-45-28-16-14-26-43(45)44-27-15-17-29-46(44)48/h9,12-17,19-20,22,24-29,31-32,34-37,47-48,51H,1-8,10-11,18,21,23,30,33,38H2,(H,56,58)/b39-22+/t47-,51-,54?/m1/s1. The number of fused-ring (bicyclic) bond motifs is 3. The van der Waals surface area contributed by atoms with Crippen LogP contribution in [-0.4, -0.2) is 24.7 Å². The highest BCUT2D eigenvalue weighted by Crippen LogP contribution is 2.46. The molecule has 5 aromatic rings. The molecule has 1 amide bonds. The summed E-state index contributed by atoms with van der Waals surface area (Å²) in [7, 11) is 0. The topological polar surface area (TPSA) is 64.6 Å². The normalized spacial score (nSPS) is 20.6. The Balaban J connectivity index is 1.06. The molecule has 0 bridgehead atoms. The quantitative estimate of drug-likeness (QED) is 0.119. The molecule has 0 aromatic heterocycles. The van der Waals surface area contributed by atoms with Crippen LogP contribution in [0, 0.1) is 5.92 Å². The molecular weight excluding hydrogens is 762 g/mol. The molecule has 3 aliphatic rings. The van der Waals surface area contributed by atoms with Crippen LogP contribution in [0.2, 0.25) is 5.02 Å². The van der Waals surface area contributed by atoms with E-state index in [1.165, 1.54) is 80.1 Å². The third kappa shape index (κ3) is 9.27. The van der Waals surface area contributed by atoms with Gasteiger partial charge in [0.25, 0.3) is 0 Å². The summed E-state index contributed by atoms with van der Waals surface area (Å²) in [6, 6.07) is 42.4. The Bertz CT molecular complexity index is 2200. The van der Waals surface area contributed by atoms with Crippen molar-refractivity contribution >= 4 is 29.2 Å². The van der Waals surface area contributed by atoms with Crippen molar-refractivity contribution in [3.8, 4) is 11.1 Å². The number of alkyl carbamates (subject to hydrolysis) is 1. The van der Waals surface area contributed by atoms with Gasteiger partial charge in [0.1, 0.15) is 6.61 Å². The summed E-state index contributed by atoms with van der Waals surface area (Å²) in [5.41, 5.74) is 8.24. The van der Waals surface area contributed by atoms with Gasteiger partial charge in [0.2, 0.25) is 0 Å². The lowest BCUT2D eigenvalue weighted by atomic mass is 9.78. The van der Waals surface area contributed by atoms with Crippen LogP contribution >= 0.6 is 11.6 Å². The summed E-state index contributed by atoms with van der Waals surface area (Å²) in [5.74, 6) is -1.00. The lowest BCUT2D eigenvalue weighted by Gasteiger charge is -2.39. The highest BCUT2D eigenvalue weighted by molar-refractivity contribution is 6.31. The van der Waals surface area contributed by atoms with Crippen LogP contribution in [0.4, 0.5) is 4.79 Å². The molecule has 1 saturated carbocycles. The zero-order valence-electron chi connectivity index (χ0n) is 34.8. The lowest BCUT2D eigenvalue weighted by molar-refractivity contribution is -0.160. The van der Waals surface area contributed by atoms with E-state index in [9.17, 15) is 9.59 Å². The van der Waals surface area contributed by atoms with E-state index in [4.69, 9.17) is 21.1 Å². The molecule has 3 aliphatic carbocycles. The van der Waals surface area contributed by atoms with Gasteiger partial charge in [0, 0.05) is 33.7 Å². The second-order valence-electron chi connectivity index (χ2n) is 16.9. The van der Waals surface area contributed by atoms with Crippen molar-refractivity contribution in [2.75, 3.05) is 6.61 Å². The number of benzene rings is 5. The minimum absolute atomic E-state index is 0.0556. The van der Waals surface area contributed by atoms with Gasteiger partial charge in [0.05, 0.1) is 5.92 Å². The summed E-state index contributed by atoms with van der Waals surface area (Å²) in [6.45, 7) is 0.207. The van der Waals surface area contributed by atoms with Crippen molar-refractivity contribution in [1.29, 1.82) is 0 Å². The van der Waals surface area contributed by atoms with Gasteiger partial charge in [0.15, 0.2) is 5.60 Å². The average Bonchev–Trinajstić information content (AvgIpc) is 3.62. The molecule has 1 unspecified atom stereocenters. The van der Waals surface area contributed by atoms with Gasteiger partial charge in [-0.15, -0.1) is 0 Å². The molecule has 0 spiro atoms. The Morgan fingerprint density at radius 2 is 1.20 bits per heavy atom. The van der Waals surface area contributed by atoms with Crippen molar-refractivity contribution in [2.24, 2.45) is 5.92 Å². The Labute approximate surface area is 361 Å². The van der Waals surface area contributed by atoms with E-state index >= 15 is 0 Å². The largest absolute Gasteiger partial charge is 0.449 e. The van der Waals surface area contributed by atoms with Crippen LogP contribution < -0.4 is 5.32 Å². The number of nitrogens with one attached hydrogen (secondary N) is 1. The van der Waals surface area contributed by atoms with Crippen molar-refractivity contribution in [1.82, 2.24) is 5.32 Å². The van der Waals surface area contributed by atoms with E-state index in [0.29, 0.717) is 23.4 Å². The Kier molecular flexibility index (Phi) is 13.8. The fourth-order valence-electron chi connectivity index (χ4n) is 9.93. The number of halogens is 1. The molecular formula is C54H58ClNO4. The Morgan fingerprint density at radius 1 is 0.617 bits per heavy atom. The van der Waals surface area contributed by atoms with Crippen LogP contribution in [0.25, 0.3) is 16.7 Å². The van der Waals surface area contributed by atoms with Gasteiger partial charge in [-0.2, -0.15) is 0 Å². The number of rotatable bonds is 9. The molecule has 5 aromatic carbocycles. The highest BCUT2D eigenvalue weighted by atomic mass is 35.5. The summed E-state index contributed by atoms with van der Waals surface area (Å²) < 4.78 is 13.0. The van der Waals surface area contributed by atoms with Crippen LogP contribution in [0.15, 0.2) is 133 Å². The first-order valence-electron chi connectivity index (χ1n) is 22.5. The second-order valence-corrected chi connectivity index (χ2v) is 17.4. The molecule has 3 atom stereocenters. The van der Waals surface area contributed by atoms with Crippen LogP contribution in [0.1, 0.15) is 136 Å². The van der Waals surface area contributed by atoms with E-state index in [1.807, 2.05) is 78.9 Å². The number of amides is 1. The number of ether oxygens (including phenoxy) is 2. The number of carbonyl (C=O) groups is 2. The van der Waals surface area contributed by atoms with Crippen molar-refractivity contribution in [3.63, 3.8) is 0 Å². The highest BCUT2D eigenvalue weighted by Gasteiger charge is 2.45.